The Morgan fingerprint density at radius 1 is 0.571 bits per heavy atom. The lowest BCUT2D eigenvalue weighted by molar-refractivity contribution is -0.142. The highest BCUT2D eigenvalue weighted by molar-refractivity contribution is 6.31. The molecule has 12 nitrogen and oxygen atoms in total. The Labute approximate surface area is 235 Å². The average molecular weight is 574 g/mol. The van der Waals surface area contributed by atoms with Gasteiger partial charge in [-0.25, -0.2) is 0 Å². The second kappa shape index (κ2) is 6.85. The van der Waals surface area contributed by atoms with Gasteiger partial charge in [-0.3, -0.25) is 19.2 Å². The van der Waals surface area contributed by atoms with E-state index in [1.807, 2.05) is 0 Å². The van der Waals surface area contributed by atoms with Crippen LogP contribution in [-0.2, 0) is 9.59 Å². The van der Waals surface area contributed by atoms with E-state index in [0.717, 1.165) is 12.1 Å². The quantitative estimate of drug-likeness (QED) is 0.207. The van der Waals surface area contributed by atoms with Crippen molar-refractivity contribution in [1.82, 2.24) is 0 Å². The molecule has 2 spiro atoms. The minimum Gasteiger partial charge on any atom is -0.507 e. The van der Waals surface area contributed by atoms with Gasteiger partial charge >= 0.3 is 0 Å². The molecule has 0 saturated heterocycles. The fraction of sp³-hybridized carbons (Fsp3) is 0.333. The zero-order chi connectivity index (χ0) is 30.3. The summed E-state index contributed by atoms with van der Waals surface area (Å²) in [5.41, 5.74) is -8.66. The van der Waals surface area contributed by atoms with Crippen molar-refractivity contribution in [3.63, 3.8) is 0 Å². The molecule has 0 aromatic heterocycles. The van der Waals surface area contributed by atoms with E-state index in [4.69, 9.17) is 0 Å². The van der Waals surface area contributed by atoms with Crippen molar-refractivity contribution in [2.75, 3.05) is 0 Å². The average Bonchev–Trinajstić information content (AvgIpc) is 3.27. The van der Waals surface area contributed by atoms with Gasteiger partial charge in [0.1, 0.15) is 34.5 Å². The zero-order valence-electron chi connectivity index (χ0n) is 21.8. The first-order chi connectivity index (χ1) is 19.7. The van der Waals surface area contributed by atoms with Crippen molar-refractivity contribution in [2.45, 2.75) is 26.1 Å². The summed E-state index contributed by atoms with van der Waals surface area (Å²) in [6.45, 7) is 2.72. The largest absolute Gasteiger partial charge is 0.507 e. The van der Waals surface area contributed by atoms with Crippen LogP contribution in [0.15, 0.2) is 23.3 Å². The lowest BCUT2D eigenvalue weighted by Gasteiger charge is -2.53. The van der Waals surface area contributed by atoms with Gasteiger partial charge in [0.2, 0.25) is 0 Å². The third-order valence-corrected chi connectivity index (χ3v) is 10.8. The molecule has 12 heteroatoms. The summed E-state index contributed by atoms with van der Waals surface area (Å²) < 4.78 is 0. The van der Waals surface area contributed by atoms with Crippen LogP contribution in [0.1, 0.15) is 43.0 Å². The zero-order valence-corrected chi connectivity index (χ0v) is 21.8. The maximum absolute atomic E-state index is 14.6. The van der Waals surface area contributed by atoms with Crippen LogP contribution >= 0.6 is 0 Å². The molecule has 2 aromatic rings. The molecule has 0 unspecified atom stereocenters. The van der Waals surface area contributed by atoms with Gasteiger partial charge in [-0.1, -0.05) is 0 Å². The normalized spacial score (nSPS) is 36.9. The predicted molar refractivity (Wildman–Crippen MR) is 138 cm³/mol. The second-order valence-electron chi connectivity index (χ2n) is 12.2. The lowest BCUT2D eigenvalue weighted by atomic mass is 9.46. The van der Waals surface area contributed by atoms with E-state index in [1.165, 1.54) is 13.8 Å². The number of allylic oxidation sites excluding steroid dienone is 2. The molecule has 4 saturated carbocycles. The van der Waals surface area contributed by atoms with Crippen LogP contribution in [0.4, 0.5) is 0 Å². The first-order valence-corrected chi connectivity index (χ1v) is 13.2. The first-order valence-electron chi connectivity index (χ1n) is 13.2. The molecule has 6 aliphatic carbocycles. The van der Waals surface area contributed by atoms with Crippen LogP contribution in [0.5, 0.6) is 23.0 Å². The van der Waals surface area contributed by atoms with Crippen LogP contribution < -0.4 is 0 Å². The molecule has 214 valence electrons. The molecule has 4 fully saturated rings. The summed E-state index contributed by atoms with van der Waals surface area (Å²) in [6, 6.07) is 2.13. The van der Waals surface area contributed by atoms with Crippen molar-refractivity contribution in [3.05, 3.63) is 56.7 Å². The Hall–Kier alpha value is -4.68. The summed E-state index contributed by atoms with van der Waals surface area (Å²) in [5, 5.41) is 89.8. The first kappa shape index (κ1) is 25.1. The molecule has 0 heterocycles. The van der Waals surface area contributed by atoms with Gasteiger partial charge in [-0.2, -0.15) is 0 Å². The fourth-order valence-electron chi connectivity index (χ4n) is 9.59. The monoisotopic (exact) mass is 574 g/mol. The molecule has 6 aliphatic rings. The van der Waals surface area contributed by atoms with Crippen LogP contribution in [0, 0.1) is 48.3 Å². The van der Waals surface area contributed by atoms with Gasteiger partial charge in [-0.05, 0) is 37.1 Å². The van der Waals surface area contributed by atoms with Gasteiger partial charge < -0.3 is 40.9 Å². The van der Waals surface area contributed by atoms with Gasteiger partial charge in [0, 0.05) is 11.8 Å². The topological polar surface area (TPSA) is 230 Å². The molecule has 0 radical (unpaired) electrons. The molecule has 8 atom stereocenters. The number of benzene rings is 2. The molecule has 4 bridgehead atoms. The molecule has 2 aromatic carbocycles. The number of hydrogen-bond acceptors (Lipinski definition) is 12. The third kappa shape index (κ3) is 2.03. The number of carbonyl (C=O) groups is 4. The fourth-order valence-corrected chi connectivity index (χ4v) is 9.59. The summed E-state index contributed by atoms with van der Waals surface area (Å²) >= 11 is 0. The van der Waals surface area contributed by atoms with Gasteiger partial charge in [-0.15, -0.1) is 0 Å². The second-order valence-corrected chi connectivity index (χ2v) is 12.2. The predicted octanol–water partition coefficient (Wildman–Crippen LogP) is 1.11. The number of aliphatic hydroxyl groups excluding tert-OH is 4. The van der Waals surface area contributed by atoms with Crippen LogP contribution in [-0.4, -0.2) is 76.2 Å². The standard InChI is InChI=1S/C30H22O12/c1-5-3-7(31)9-11(19(5)33)27(41)29-13-14-24(38)17(29)26(40)16-22(36)10-8(32)4-6(2)20(34)12(10)28(42)30(14,16)18(23(13)37)25(39)15(29)21(9)35/h3-4,13-14,17-18,23-24,31-38H,1-2H3/t13-,14+,17-,18-,23+,24+,29-,30+/m0/s1. The Morgan fingerprint density at radius 3 is 1.24 bits per heavy atom. The number of fused-ring (bicyclic) bond motifs is 4. The highest BCUT2D eigenvalue weighted by Crippen LogP contribution is 2.80. The minimum absolute atomic E-state index is 0.0181. The van der Waals surface area contributed by atoms with Crippen molar-refractivity contribution in [3.8, 4) is 23.0 Å². The summed E-state index contributed by atoms with van der Waals surface area (Å²) in [4.78, 5) is 58.1. The van der Waals surface area contributed by atoms with Crippen LogP contribution in [0.2, 0.25) is 0 Å². The Balaban J connectivity index is 1.56. The number of ketones is 4. The molecular weight excluding hydrogens is 552 g/mol. The number of Topliss-reactive ketones (excluding diaryl/α,β-unsaturated/α-hetero) is 4. The van der Waals surface area contributed by atoms with E-state index in [2.05, 4.69) is 0 Å². The summed E-state index contributed by atoms with van der Waals surface area (Å²) in [7, 11) is 0. The van der Waals surface area contributed by atoms with Gasteiger partial charge in [0.25, 0.3) is 0 Å². The lowest BCUT2D eigenvalue weighted by Crippen LogP contribution is -2.65. The number of aryl methyl sites for hydroxylation is 2. The highest BCUT2D eigenvalue weighted by Gasteiger charge is 2.90. The summed E-state index contributed by atoms with van der Waals surface area (Å²) in [5.74, 6) is -15.9. The Bertz CT molecular complexity index is 1780. The Morgan fingerprint density at radius 2 is 0.905 bits per heavy atom. The van der Waals surface area contributed by atoms with Crippen molar-refractivity contribution in [2.24, 2.45) is 34.5 Å². The number of phenolic OH excluding ortho intramolecular Hbond substituents is 4. The van der Waals surface area contributed by atoms with Gasteiger partial charge in [0.15, 0.2) is 23.1 Å². The van der Waals surface area contributed by atoms with Gasteiger partial charge in [0.05, 0.1) is 68.3 Å². The van der Waals surface area contributed by atoms with E-state index in [1.54, 1.807) is 0 Å². The van der Waals surface area contributed by atoms with Crippen LogP contribution in [0.3, 0.4) is 0 Å². The molecule has 0 aliphatic heterocycles. The molecule has 8 rings (SSSR count). The van der Waals surface area contributed by atoms with E-state index in [9.17, 15) is 60.0 Å². The molecule has 0 amide bonds. The van der Waals surface area contributed by atoms with Crippen molar-refractivity contribution in [1.29, 1.82) is 0 Å². The summed E-state index contributed by atoms with van der Waals surface area (Å²) in [6.07, 6.45) is -3.71. The van der Waals surface area contributed by atoms with E-state index < -0.39 is 138 Å². The third-order valence-electron chi connectivity index (χ3n) is 10.8. The minimum atomic E-state index is -2.48. The number of aromatic hydroxyl groups is 4. The molecular formula is C30H22O12. The van der Waals surface area contributed by atoms with E-state index >= 15 is 0 Å². The van der Waals surface area contributed by atoms with Crippen molar-refractivity contribution < 1.29 is 60.0 Å². The highest BCUT2D eigenvalue weighted by atomic mass is 16.3. The van der Waals surface area contributed by atoms with Crippen molar-refractivity contribution >= 4 is 34.7 Å². The number of hydrogen-bond donors (Lipinski definition) is 8. The molecule has 42 heavy (non-hydrogen) atoms. The maximum atomic E-state index is 14.6. The maximum Gasteiger partial charge on any atom is 0.179 e. The van der Waals surface area contributed by atoms with Crippen LogP contribution in [0.25, 0.3) is 11.5 Å². The van der Waals surface area contributed by atoms with E-state index in [0.29, 0.717) is 0 Å². The molecule has 8 N–H and O–H groups in total. The Kier molecular flexibility index (Phi) is 4.09. The smallest absolute Gasteiger partial charge is 0.179 e. The van der Waals surface area contributed by atoms with E-state index in [-0.39, 0.29) is 11.1 Å². The SMILES string of the molecule is Cc1cc(O)c2c(c1O)C(=O)[C@]13C(=C2O)C(=O)[C@@H]2[C@H](O)[C@@H]1[C@@H]1[C@@H](O)[C@H]3C(=O)C3=C(O)c4c(O)cc(C)c(O)c4C(=O)[C@@]312. The number of carbonyl (C=O) groups excluding carboxylic acids is 4. The number of rotatable bonds is 0. The number of aliphatic hydroxyl groups is 4. The number of phenols is 4.